The van der Waals surface area contributed by atoms with Gasteiger partial charge >= 0.3 is 0 Å². The molecular formula is C18H31IN8O. The number of nitrogens with zero attached hydrogens (tertiary/aromatic N) is 6. The highest BCUT2D eigenvalue weighted by Gasteiger charge is 2.23. The summed E-state index contributed by atoms with van der Waals surface area (Å²) in [5.74, 6) is 4.80. The van der Waals surface area contributed by atoms with Crippen molar-refractivity contribution in [2.75, 3.05) is 13.6 Å². The second kappa shape index (κ2) is 10.2. The summed E-state index contributed by atoms with van der Waals surface area (Å²) < 4.78 is 7.30. The maximum atomic E-state index is 5.27. The first-order valence-electron chi connectivity index (χ1n) is 9.69. The van der Waals surface area contributed by atoms with Crippen molar-refractivity contribution in [3.8, 4) is 0 Å². The molecule has 10 heteroatoms. The Labute approximate surface area is 183 Å². The summed E-state index contributed by atoms with van der Waals surface area (Å²) in [6, 6.07) is 0.279. The number of guanidine groups is 1. The first-order chi connectivity index (χ1) is 13.0. The number of aliphatic imine (C=N–C) groups is 1. The van der Waals surface area contributed by atoms with E-state index in [1.165, 1.54) is 0 Å². The quantitative estimate of drug-likeness (QED) is 0.355. The molecule has 0 aromatic carbocycles. The molecule has 2 aromatic rings. The zero-order valence-corrected chi connectivity index (χ0v) is 19.6. The van der Waals surface area contributed by atoms with E-state index in [2.05, 4.69) is 49.7 Å². The SMILES string of the molecule is CN=C(NCCc1nc(C(C)C)no1)NC1CCc2nc(C(C)C)nn2C1.I. The molecule has 0 saturated heterocycles. The fourth-order valence-electron chi connectivity index (χ4n) is 2.97. The monoisotopic (exact) mass is 502 g/mol. The number of aryl methyl sites for hydroxylation is 1. The van der Waals surface area contributed by atoms with Crippen molar-refractivity contribution in [3.05, 3.63) is 23.4 Å². The van der Waals surface area contributed by atoms with E-state index in [4.69, 9.17) is 4.52 Å². The van der Waals surface area contributed by atoms with Crippen LogP contribution in [0.25, 0.3) is 0 Å². The normalized spacial score (nSPS) is 16.8. The van der Waals surface area contributed by atoms with Crippen molar-refractivity contribution in [2.45, 2.75) is 71.4 Å². The van der Waals surface area contributed by atoms with Crippen molar-refractivity contribution in [3.63, 3.8) is 0 Å². The molecule has 1 atom stereocenters. The van der Waals surface area contributed by atoms with E-state index in [0.29, 0.717) is 24.8 Å². The molecule has 9 nitrogen and oxygen atoms in total. The Bertz CT molecular complexity index is 782. The van der Waals surface area contributed by atoms with Crippen LogP contribution < -0.4 is 10.6 Å². The van der Waals surface area contributed by atoms with E-state index in [-0.39, 0.29) is 35.9 Å². The highest BCUT2D eigenvalue weighted by atomic mass is 127. The number of hydrogen-bond donors (Lipinski definition) is 2. The molecule has 1 aliphatic rings. The summed E-state index contributed by atoms with van der Waals surface area (Å²) >= 11 is 0. The highest BCUT2D eigenvalue weighted by molar-refractivity contribution is 14.0. The Balaban J connectivity index is 0.00000280. The Morgan fingerprint density at radius 3 is 2.61 bits per heavy atom. The fourth-order valence-corrected chi connectivity index (χ4v) is 2.97. The van der Waals surface area contributed by atoms with Crippen molar-refractivity contribution >= 4 is 29.9 Å². The van der Waals surface area contributed by atoms with E-state index in [1.54, 1.807) is 7.05 Å². The van der Waals surface area contributed by atoms with E-state index >= 15 is 0 Å². The van der Waals surface area contributed by atoms with Gasteiger partial charge in [0.1, 0.15) is 5.82 Å². The van der Waals surface area contributed by atoms with Gasteiger partial charge in [0, 0.05) is 44.3 Å². The van der Waals surface area contributed by atoms with Gasteiger partial charge in [0.15, 0.2) is 17.6 Å². The molecule has 1 aliphatic heterocycles. The maximum absolute atomic E-state index is 5.27. The summed E-state index contributed by atoms with van der Waals surface area (Å²) in [5.41, 5.74) is 0. The van der Waals surface area contributed by atoms with E-state index in [1.807, 2.05) is 18.5 Å². The Morgan fingerprint density at radius 2 is 1.96 bits per heavy atom. The Morgan fingerprint density at radius 1 is 1.21 bits per heavy atom. The van der Waals surface area contributed by atoms with Crippen LogP contribution in [0.4, 0.5) is 0 Å². The molecule has 0 amide bonds. The minimum absolute atomic E-state index is 0. The predicted octanol–water partition coefficient (Wildman–Crippen LogP) is 2.25. The van der Waals surface area contributed by atoms with Crippen molar-refractivity contribution < 1.29 is 4.52 Å². The van der Waals surface area contributed by atoms with Gasteiger partial charge < -0.3 is 15.2 Å². The van der Waals surface area contributed by atoms with Gasteiger partial charge in [-0.3, -0.25) is 4.99 Å². The van der Waals surface area contributed by atoms with Crippen molar-refractivity contribution in [2.24, 2.45) is 4.99 Å². The minimum atomic E-state index is 0. The number of halogens is 1. The fraction of sp³-hybridized carbons (Fsp3) is 0.722. The van der Waals surface area contributed by atoms with Gasteiger partial charge in [0.05, 0.1) is 6.54 Å². The average Bonchev–Trinajstić information content (AvgIpc) is 3.27. The van der Waals surface area contributed by atoms with Crippen LogP contribution in [0, 0.1) is 0 Å². The summed E-state index contributed by atoms with van der Waals surface area (Å²) in [6.07, 6.45) is 2.60. The van der Waals surface area contributed by atoms with Gasteiger partial charge in [-0.05, 0) is 6.42 Å². The molecule has 0 bridgehead atoms. The van der Waals surface area contributed by atoms with Gasteiger partial charge in [-0.25, -0.2) is 9.67 Å². The molecule has 28 heavy (non-hydrogen) atoms. The Hall–Kier alpha value is -1.72. The molecule has 2 N–H and O–H groups in total. The van der Waals surface area contributed by atoms with Crippen molar-refractivity contribution in [1.82, 2.24) is 35.5 Å². The topological polar surface area (TPSA) is 106 Å². The van der Waals surface area contributed by atoms with Crippen molar-refractivity contribution in [1.29, 1.82) is 0 Å². The van der Waals surface area contributed by atoms with Gasteiger partial charge in [-0.15, -0.1) is 24.0 Å². The zero-order chi connectivity index (χ0) is 19.4. The average molecular weight is 502 g/mol. The molecule has 156 valence electrons. The zero-order valence-electron chi connectivity index (χ0n) is 17.3. The number of rotatable bonds is 6. The lowest BCUT2D eigenvalue weighted by atomic mass is 10.1. The first kappa shape index (κ1) is 22.6. The number of fused-ring (bicyclic) bond motifs is 1. The van der Waals surface area contributed by atoms with Gasteiger partial charge in [0.25, 0.3) is 0 Å². The van der Waals surface area contributed by atoms with Crippen LogP contribution in [0.5, 0.6) is 0 Å². The summed E-state index contributed by atoms with van der Waals surface area (Å²) in [4.78, 5) is 13.3. The second-order valence-electron chi connectivity index (χ2n) is 7.55. The molecule has 0 aliphatic carbocycles. The molecule has 2 aromatic heterocycles. The number of nitrogens with one attached hydrogen (secondary N) is 2. The smallest absolute Gasteiger partial charge is 0.228 e. The summed E-state index contributed by atoms with van der Waals surface area (Å²) in [6.45, 7) is 9.82. The van der Waals surface area contributed by atoms with E-state index in [9.17, 15) is 0 Å². The summed E-state index contributed by atoms with van der Waals surface area (Å²) in [5, 5.41) is 15.4. The lowest BCUT2D eigenvalue weighted by molar-refractivity contribution is 0.370. The van der Waals surface area contributed by atoms with Crippen LogP contribution in [-0.4, -0.2) is 50.5 Å². The van der Waals surface area contributed by atoms with E-state index in [0.717, 1.165) is 42.8 Å². The molecule has 0 fully saturated rings. The molecule has 1 unspecified atom stereocenters. The first-order valence-corrected chi connectivity index (χ1v) is 9.69. The molecule has 0 radical (unpaired) electrons. The third-order valence-electron chi connectivity index (χ3n) is 4.59. The third kappa shape index (κ3) is 5.65. The van der Waals surface area contributed by atoms with Crippen LogP contribution >= 0.6 is 24.0 Å². The van der Waals surface area contributed by atoms with Crippen LogP contribution in [-0.2, 0) is 19.4 Å². The lowest BCUT2D eigenvalue weighted by Gasteiger charge is -2.25. The molecule has 0 spiro atoms. The predicted molar refractivity (Wildman–Crippen MR) is 118 cm³/mol. The van der Waals surface area contributed by atoms with Crippen LogP contribution in [0.2, 0.25) is 0 Å². The standard InChI is InChI=1S/C18H30N8O.HI/c1-11(2)16-22-14-7-6-13(10-26(14)24-16)21-18(19-5)20-9-8-15-23-17(12(3)4)25-27-15;/h11-13H,6-10H2,1-5H3,(H2,19,20,21);1H. The second-order valence-corrected chi connectivity index (χ2v) is 7.55. The Kier molecular flexibility index (Phi) is 8.20. The molecular weight excluding hydrogens is 471 g/mol. The third-order valence-corrected chi connectivity index (χ3v) is 4.59. The van der Waals surface area contributed by atoms with Crippen LogP contribution in [0.15, 0.2) is 9.52 Å². The molecule has 0 saturated carbocycles. The molecule has 3 rings (SSSR count). The lowest BCUT2D eigenvalue weighted by Crippen LogP contribution is -2.47. The highest BCUT2D eigenvalue weighted by Crippen LogP contribution is 2.17. The van der Waals surface area contributed by atoms with Crippen LogP contribution in [0.3, 0.4) is 0 Å². The minimum Gasteiger partial charge on any atom is -0.356 e. The van der Waals surface area contributed by atoms with Crippen LogP contribution in [0.1, 0.15) is 69.3 Å². The van der Waals surface area contributed by atoms with E-state index < -0.39 is 0 Å². The number of hydrogen-bond acceptors (Lipinski definition) is 6. The largest absolute Gasteiger partial charge is 0.356 e. The maximum Gasteiger partial charge on any atom is 0.228 e. The van der Waals surface area contributed by atoms with Gasteiger partial charge in [0.2, 0.25) is 5.89 Å². The van der Waals surface area contributed by atoms with Gasteiger partial charge in [-0.2, -0.15) is 10.1 Å². The number of aromatic nitrogens is 5. The molecule has 3 heterocycles. The van der Waals surface area contributed by atoms with Gasteiger partial charge in [-0.1, -0.05) is 32.9 Å². The summed E-state index contributed by atoms with van der Waals surface area (Å²) in [7, 11) is 1.78.